The lowest BCUT2D eigenvalue weighted by molar-refractivity contribution is -0.118. The van der Waals surface area contributed by atoms with E-state index in [0.717, 1.165) is 46.7 Å². The fourth-order valence-electron chi connectivity index (χ4n) is 3.65. The number of fused-ring (bicyclic) bond motifs is 1. The Hall–Kier alpha value is -2.09. The van der Waals surface area contributed by atoms with Gasteiger partial charge in [0.1, 0.15) is 5.75 Å². The maximum atomic E-state index is 13.3. The molecule has 0 atom stereocenters. The topological polar surface area (TPSA) is 45.7 Å². The molecule has 3 rings (SSSR count). The summed E-state index contributed by atoms with van der Waals surface area (Å²) in [5, 5.41) is 0.806. The lowest BCUT2D eigenvalue weighted by Crippen LogP contribution is -2.39. The Balaban J connectivity index is 1.74. The molecular weight excluding hydrogens is 438 g/mol. The molecular formula is C25H33N3O2S2. The van der Waals surface area contributed by atoms with Gasteiger partial charge in [0.15, 0.2) is 5.13 Å². The number of benzene rings is 2. The smallest absolute Gasteiger partial charge is 0.229 e. The Bertz CT molecular complexity index is 1030. The van der Waals surface area contributed by atoms with Crippen molar-refractivity contribution in [3.8, 4) is 5.75 Å². The number of likely N-dealkylation sites (N-methyl/N-ethyl adjacent to an activating group) is 1. The molecule has 0 bridgehead atoms. The summed E-state index contributed by atoms with van der Waals surface area (Å²) >= 11 is 3.32. The zero-order valence-corrected chi connectivity index (χ0v) is 21.3. The number of aromatic nitrogens is 1. The maximum absolute atomic E-state index is 13.3. The first-order valence-corrected chi connectivity index (χ1v) is 12.9. The summed E-state index contributed by atoms with van der Waals surface area (Å²) in [7, 11) is 1.67. The first-order valence-electron chi connectivity index (χ1n) is 11.1. The monoisotopic (exact) mass is 471 g/mol. The van der Waals surface area contributed by atoms with Gasteiger partial charge in [-0.1, -0.05) is 31.3 Å². The summed E-state index contributed by atoms with van der Waals surface area (Å²) in [6.45, 7) is 12.0. The van der Waals surface area contributed by atoms with Gasteiger partial charge >= 0.3 is 0 Å². The van der Waals surface area contributed by atoms with Crippen LogP contribution in [0.3, 0.4) is 0 Å². The van der Waals surface area contributed by atoms with Crippen molar-refractivity contribution < 1.29 is 9.53 Å². The number of methoxy groups -OCH3 is 1. The van der Waals surface area contributed by atoms with Crippen molar-refractivity contribution in [2.75, 3.05) is 43.9 Å². The predicted molar refractivity (Wildman–Crippen MR) is 138 cm³/mol. The molecule has 0 fully saturated rings. The molecule has 7 heteroatoms. The molecule has 2 aromatic carbocycles. The third kappa shape index (κ3) is 6.24. The number of anilines is 1. The highest BCUT2D eigenvalue weighted by molar-refractivity contribution is 7.99. The van der Waals surface area contributed by atoms with E-state index < -0.39 is 0 Å². The first kappa shape index (κ1) is 24.6. The minimum absolute atomic E-state index is 0.131. The van der Waals surface area contributed by atoms with Crippen LogP contribution in [0.1, 0.15) is 31.4 Å². The number of rotatable bonds is 11. The zero-order valence-electron chi connectivity index (χ0n) is 19.7. The molecule has 0 saturated carbocycles. The summed E-state index contributed by atoms with van der Waals surface area (Å²) in [4.78, 5) is 23.5. The quantitative estimate of drug-likeness (QED) is 0.332. The average molecular weight is 472 g/mol. The van der Waals surface area contributed by atoms with Crippen LogP contribution in [0, 0.1) is 13.8 Å². The van der Waals surface area contributed by atoms with Gasteiger partial charge in [-0.05, 0) is 68.4 Å². The molecule has 0 radical (unpaired) electrons. The van der Waals surface area contributed by atoms with E-state index in [1.54, 1.807) is 30.2 Å². The molecule has 32 heavy (non-hydrogen) atoms. The van der Waals surface area contributed by atoms with Crippen LogP contribution in [-0.2, 0) is 4.79 Å². The molecule has 0 unspecified atom stereocenters. The zero-order chi connectivity index (χ0) is 23.1. The Morgan fingerprint density at radius 3 is 2.47 bits per heavy atom. The van der Waals surface area contributed by atoms with Crippen LogP contribution in [0.2, 0.25) is 0 Å². The van der Waals surface area contributed by atoms with Gasteiger partial charge in [0.25, 0.3) is 0 Å². The number of carbonyl (C=O) groups excluding carboxylic acids is 1. The molecule has 0 aliphatic rings. The second kappa shape index (κ2) is 11.7. The number of amides is 1. The second-order valence-corrected chi connectivity index (χ2v) is 9.92. The van der Waals surface area contributed by atoms with Crippen LogP contribution >= 0.6 is 23.1 Å². The molecule has 0 saturated heterocycles. The predicted octanol–water partition coefficient (Wildman–Crippen LogP) is 5.78. The number of carbonyl (C=O) groups is 1. The number of hydrogen-bond donors (Lipinski definition) is 0. The van der Waals surface area contributed by atoms with Crippen molar-refractivity contribution in [2.45, 2.75) is 39.0 Å². The van der Waals surface area contributed by atoms with Gasteiger partial charge in [-0.15, -0.1) is 11.8 Å². The summed E-state index contributed by atoms with van der Waals surface area (Å²) in [6.07, 6.45) is 0.475. The Morgan fingerprint density at radius 1 is 1.09 bits per heavy atom. The molecule has 1 aromatic heterocycles. The van der Waals surface area contributed by atoms with Crippen molar-refractivity contribution in [3.63, 3.8) is 0 Å². The molecule has 172 valence electrons. The average Bonchev–Trinajstić information content (AvgIpc) is 3.21. The molecule has 0 aliphatic carbocycles. The Morgan fingerprint density at radius 2 is 1.81 bits per heavy atom. The van der Waals surface area contributed by atoms with Crippen LogP contribution in [0.15, 0.2) is 41.3 Å². The minimum atomic E-state index is 0.131. The normalized spacial score (nSPS) is 11.3. The van der Waals surface area contributed by atoms with E-state index in [9.17, 15) is 4.79 Å². The number of thioether (sulfide) groups is 1. The van der Waals surface area contributed by atoms with Crippen molar-refractivity contribution in [1.29, 1.82) is 0 Å². The van der Waals surface area contributed by atoms with Crippen LogP contribution in [0.5, 0.6) is 5.75 Å². The van der Waals surface area contributed by atoms with Gasteiger partial charge in [-0.25, -0.2) is 4.98 Å². The van der Waals surface area contributed by atoms with E-state index in [-0.39, 0.29) is 5.91 Å². The SMILES string of the molecule is CCN(CC)CCN(C(=O)CCSc1ccc(OC)cc1)c1nc2cc(C)cc(C)c2s1. The number of thiazole rings is 1. The largest absolute Gasteiger partial charge is 0.497 e. The summed E-state index contributed by atoms with van der Waals surface area (Å²) in [6, 6.07) is 12.3. The molecule has 3 aromatic rings. The summed E-state index contributed by atoms with van der Waals surface area (Å²) in [5.41, 5.74) is 3.40. The molecule has 5 nitrogen and oxygen atoms in total. The summed E-state index contributed by atoms with van der Waals surface area (Å²) in [5.74, 6) is 1.71. The van der Waals surface area contributed by atoms with Crippen molar-refractivity contribution in [1.82, 2.24) is 9.88 Å². The van der Waals surface area contributed by atoms with E-state index in [2.05, 4.69) is 44.7 Å². The van der Waals surface area contributed by atoms with Crippen LogP contribution < -0.4 is 9.64 Å². The lowest BCUT2D eigenvalue weighted by Gasteiger charge is -2.24. The third-order valence-corrected chi connectivity index (χ3v) is 7.76. The number of nitrogens with zero attached hydrogens (tertiary/aromatic N) is 3. The van der Waals surface area contributed by atoms with Crippen LogP contribution in [0.4, 0.5) is 5.13 Å². The van der Waals surface area contributed by atoms with E-state index in [4.69, 9.17) is 9.72 Å². The van der Waals surface area contributed by atoms with E-state index in [1.165, 1.54) is 15.8 Å². The molecule has 0 spiro atoms. The molecule has 1 heterocycles. The highest BCUT2D eigenvalue weighted by atomic mass is 32.2. The Labute approximate surface area is 199 Å². The maximum Gasteiger partial charge on any atom is 0.229 e. The van der Waals surface area contributed by atoms with E-state index in [1.807, 2.05) is 29.2 Å². The van der Waals surface area contributed by atoms with Crippen molar-refractivity contribution in [2.24, 2.45) is 0 Å². The van der Waals surface area contributed by atoms with E-state index in [0.29, 0.717) is 13.0 Å². The van der Waals surface area contributed by atoms with Crippen molar-refractivity contribution in [3.05, 3.63) is 47.5 Å². The van der Waals surface area contributed by atoms with Crippen LogP contribution in [-0.4, -0.2) is 54.8 Å². The van der Waals surface area contributed by atoms with Gasteiger partial charge in [0, 0.05) is 30.2 Å². The van der Waals surface area contributed by atoms with Gasteiger partial charge in [-0.2, -0.15) is 0 Å². The lowest BCUT2D eigenvalue weighted by atomic mass is 10.1. The number of hydrogen-bond acceptors (Lipinski definition) is 6. The molecule has 0 aliphatic heterocycles. The van der Waals surface area contributed by atoms with Gasteiger partial charge in [0.2, 0.25) is 5.91 Å². The second-order valence-electron chi connectivity index (χ2n) is 7.77. The molecule has 1 amide bonds. The Kier molecular flexibility index (Phi) is 8.96. The highest BCUT2D eigenvalue weighted by Crippen LogP contribution is 2.32. The molecule has 0 N–H and O–H groups in total. The van der Waals surface area contributed by atoms with Gasteiger partial charge < -0.3 is 9.64 Å². The fourth-order valence-corrected chi connectivity index (χ4v) is 5.55. The highest BCUT2D eigenvalue weighted by Gasteiger charge is 2.21. The fraction of sp³-hybridized carbons (Fsp3) is 0.440. The van der Waals surface area contributed by atoms with Gasteiger partial charge in [0.05, 0.1) is 17.3 Å². The number of aryl methyl sites for hydroxylation is 2. The number of ether oxygens (including phenoxy) is 1. The van der Waals surface area contributed by atoms with Gasteiger partial charge in [-0.3, -0.25) is 9.69 Å². The first-order chi connectivity index (χ1) is 15.4. The third-order valence-electron chi connectivity index (χ3n) is 5.52. The standard InChI is InChI=1S/C25H33N3O2S2/c1-6-27(7-2)13-14-28(25-26-22-17-18(3)16-19(4)24(22)32-25)23(29)12-15-31-21-10-8-20(30-5)9-11-21/h8-11,16-17H,6-7,12-15H2,1-5H3. The van der Waals surface area contributed by atoms with E-state index >= 15 is 0 Å². The van der Waals surface area contributed by atoms with Crippen molar-refractivity contribution >= 4 is 44.4 Å². The van der Waals surface area contributed by atoms with Crippen LogP contribution in [0.25, 0.3) is 10.2 Å². The minimum Gasteiger partial charge on any atom is -0.497 e. The summed E-state index contributed by atoms with van der Waals surface area (Å²) < 4.78 is 6.38.